The topological polar surface area (TPSA) is 56.7 Å². The molecule has 5 nitrogen and oxygen atoms in total. The number of hydrogen-bond donors (Lipinski definition) is 1. The van der Waals surface area contributed by atoms with Gasteiger partial charge in [0.1, 0.15) is 17.4 Å². The molecule has 1 fully saturated rings. The maximum atomic E-state index is 13.3. The molecule has 3 rings (SSSR count). The number of halogens is 1. The average molecular weight is 337 g/mol. The Labute approximate surface area is 138 Å². The molecule has 0 radical (unpaired) electrons. The third-order valence-electron chi connectivity index (χ3n) is 4.30. The van der Waals surface area contributed by atoms with Crippen molar-refractivity contribution in [2.24, 2.45) is 0 Å². The van der Waals surface area contributed by atoms with E-state index in [1.807, 2.05) is 0 Å². The van der Waals surface area contributed by atoms with Crippen molar-refractivity contribution in [3.8, 4) is 0 Å². The highest BCUT2D eigenvalue weighted by Crippen LogP contribution is 2.26. The van der Waals surface area contributed by atoms with Crippen molar-refractivity contribution in [2.45, 2.75) is 32.5 Å². The third-order valence-corrected chi connectivity index (χ3v) is 5.32. The average Bonchev–Trinajstić information content (AvgIpc) is 2.91. The molecule has 0 saturated carbocycles. The molecule has 2 unspecified atom stereocenters. The number of carbonyl (C=O) groups excluding carboxylic acids is 1. The van der Waals surface area contributed by atoms with Crippen LogP contribution in [0.25, 0.3) is 10.2 Å². The van der Waals surface area contributed by atoms with Crippen LogP contribution < -0.4 is 0 Å². The van der Waals surface area contributed by atoms with Crippen molar-refractivity contribution in [1.29, 1.82) is 0 Å². The van der Waals surface area contributed by atoms with Gasteiger partial charge in [-0.2, -0.15) is 0 Å². The smallest absolute Gasteiger partial charge is 0.248 e. The summed E-state index contributed by atoms with van der Waals surface area (Å²) in [6.07, 6.45) is 0. The fourth-order valence-electron chi connectivity index (χ4n) is 3.14. The van der Waals surface area contributed by atoms with E-state index in [-0.39, 0.29) is 23.8 Å². The quantitative estimate of drug-likeness (QED) is 0.929. The van der Waals surface area contributed by atoms with Crippen LogP contribution in [0.3, 0.4) is 0 Å². The maximum Gasteiger partial charge on any atom is 0.248 e. The Morgan fingerprint density at radius 2 is 2.09 bits per heavy atom. The molecule has 23 heavy (non-hydrogen) atoms. The summed E-state index contributed by atoms with van der Waals surface area (Å²) in [5.41, 5.74) is 0.694. The van der Waals surface area contributed by atoms with Crippen molar-refractivity contribution in [2.75, 3.05) is 19.7 Å². The van der Waals surface area contributed by atoms with Crippen LogP contribution in [0.5, 0.6) is 0 Å². The first-order chi connectivity index (χ1) is 11.0. The number of aliphatic hydroxyl groups is 1. The summed E-state index contributed by atoms with van der Waals surface area (Å²) < 4.78 is 14.3. The van der Waals surface area contributed by atoms with Crippen molar-refractivity contribution in [3.63, 3.8) is 0 Å². The third kappa shape index (κ3) is 3.36. The Balaban J connectivity index is 1.75. The van der Waals surface area contributed by atoms with Gasteiger partial charge in [-0.15, -0.1) is 11.3 Å². The van der Waals surface area contributed by atoms with Crippen LogP contribution in [0.1, 0.15) is 18.9 Å². The van der Waals surface area contributed by atoms with Crippen LogP contribution in [-0.4, -0.2) is 57.6 Å². The second kappa shape index (κ2) is 6.51. The molecule has 1 aromatic carbocycles. The minimum Gasteiger partial charge on any atom is -0.387 e. The fourth-order valence-corrected chi connectivity index (χ4v) is 4.10. The first-order valence-electron chi connectivity index (χ1n) is 7.67. The Morgan fingerprint density at radius 3 is 2.74 bits per heavy atom. The summed E-state index contributed by atoms with van der Waals surface area (Å²) in [6, 6.07) is 5.03. The SMILES string of the molecule is CC1CN(C(=O)CO)CC(C)N1Cc1nc2cc(F)ccc2s1. The number of rotatable bonds is 3. The second-order valence-electron chi connectivity index (χ2n) is 6.05. The van der Waals surface area contributed by atoms with Gasteiger partial charge in [0, 0.05) is 31.2 Å². The Bertz CT molecular complexity index is 708. The number of aliphatic hydroxyl groups excluding tert-OH is 1. The van der Waals surface area contributed by atoms with Crippen molar-refractivity contribution in [3.05, 3.63) is 29.0 Å². The Morgan fingerprint density at radius 1 is 1.39 bits per heavy atom. The molecule has 1 aliphatic heterocycles. The van der Waals surface area contributed by atoms with Gasteiger partial charge >= 0.3 is 0 Å². The second-order valence-corrected chi connectivity index (χ2v) is 7.16. The molecule has 2 atom stereocenters. The maximum absolute atomic E-state index is 13.3. The molecule has 7 heteroatoms. The lowest BCUT2D eigenvalue weighted by atomic mass is 10.1. The summed E-state index contributed by atoms with van der Waals surface area (Å²) in [5.74, 6) is -0.494. The predicted molar refractivity (Wildman–Crippen MR) is 87.7 cm³/mol. The number of amides is 1. The first-order valence-corrected chi connectivity index (χ1v) is 8.49. The van der Waals surface area contributed by atoms with E-state index >= 15 is 0 Å². The van der Waals surface area contributed by atoms with Gasteiger partial charge in [-0.25, -0.2) is 9.37 Å². The molecule has 0 bridgehead atoms. The fraction of sp³-hybridized carbons (Fsp3) is 0.500. The molecular formula is C16H20FN3O2S. The predicted octanol–water partition coefficient (Wildman–Crippen LogP) is 1.85. The van der Waals surface area contributed by atoms with E-state index in [9.17, 15) is 9.18 Å². The van der Waals surface area contributed by atoms with E-state index in [0.717, 1.165) is 9.71 Å². The first kappa shape index (κ1) is 16.3. The molecule has 1 aliphatic rings. The lowest BCUT2D eigenvalue weighted by Crippen LogP contribution is -2.58. The van der Waals surface area contributed by atoms with Crippen LogP contribution >= 0.6 is 11.3 Å². The van der Waals surface area contributed by atoms with Gasteiger partial charge in [-0.05, 0) is 26.0 Å². The largest absolute Gasteiger partial charge is 0.387 e. The van der Waals surface area contributed by atoms with Crippen molar-refractivity contribution in [1.82, 2.24) is 14.8 Å². The lowest BCUT2D eigenvalue weighted by molar-refractivity contribution is -0.138. The van der Waals surface area contributed by atoms with Gasteiger partial charge in [0.25, 0.3) is 0 Å². The zero-order chi connectivity index (χ0) is 16.6. The van der Waals surface area contributed by atoms with E-state index in [1.165, 1.54) is 12.1 Å². The van der Waals surface area contributed by atoms with Crippen LogP contribution in [0, 0.1) is 5.82 Å². The molecule has 2 aromatic rings. The Kier molecular flexibility index (Phi) is 4.61. The van der Waals surface area contributed by atoms with E-state index in [1.54, 1.807) is 22.3 Å². The highest BCUT2D eigenvalue weighted by molar-refractivity contribution is 7.18. The number of benzene rings is 1. The van der Waals surface area contributed by atoms with Crippen LogP contribution in [0.4, 0.5) is 4.39 Å². The summed E-state index contributed by atoms with van der Waals surface area (Å²) in [7, 11) is 0. The van der Waals surface area contributed by atoms with Crippen LogP contribution in [0.2, 0.25) is 0 Å². The van der Waals surface area contributed by atoms with E-state index < -0.39 is 6.61 Å². The Hall–Kier alpha value is -1.57. The van der Waals surface area contributed by atoms with Gasteiger partial charge in [0.05, 0.1) is 16.8 Å². The number of hydrogen-bond acceptors (Lipinski definition) is 5. The molecule has 0 aliphatic carbocycles. The van der Waals surface area contributed by atoms with Crippen molar-refractivity contribution < 1.29 is 14.3 Å². The molecular weight excluding hydrogens is 317 g/mol. The molecule has 124 valence electrons. The summed E-state index contributed by atoms with van der Waals surface area (Å²) in [4.78, 5) is 20.2. The monoisotopic (exact) mass is 337 g/mol. The number of nitrogens with zero attached hydrogens (tertiary/aromatic N) is 3. The summed E-state index contributed by atoms with van der Waals surface area (Å²) in [5, 5.41) is 9.97. The normalized spacial score (nSPS) is 22.7. The van der Waals surface area contributed by atoms with Crippen LogP contribution in [0.15, 0.2) is 18.2 Å². The van der Waals surface area contributed by atoms with Crippen molar-refractivity contribution >= 4 is 27.5 Å². The highest BCUT2D eigenvalue weighted by atomic mass is 32.1. The van der Waals surface area contributed by atoms with E-state index in [0.29, 0.717) is 25.2 Å². The molecule has 1 aromatic heterocycles. The number of fused-ring (bicyclic) bond motifs is 1. The van der Waals surface area contributed by atoms with Gasteiger partial charge in [-0.1, -0.05) is 0 Å². The number of piperazine rings is 1. The zero-order valence-electron chi connectivity index (χ0n) is 13.2. The summed E-state index contributed by atoms with van der Waals surface area (Å²) in [6.45, 7) is 5.58. The van der Waals surface area contributed by atoms with Gasteiger partial charge in [-0.3, -0.25) is 9.69 Å². The van der Waals surface area contributed by atoms with E-state index in [2.05, 4.69) is 23.7 Å². The summed E-state index contributed by atoms with van der Waals surface area (Å²) >= 11 is 1.58. The van der Waals surface area contributed by atoms with E-state index in [4.69, 9.17) is 5.11 Å². The lowest BCUT2D eigenvalue weighted by Gasteiger charge is -2.44. The molecule has 1 saturated heterocycles. The number of carbonyl (C=O) groups is 1. The van der Waals surface area contributed by atoms with Gasteiger partial charge < -0.3 is 10.0 Å². The standard InChI is InChI=1S/C16H20FN3O2S/c1-10-6-19(16(22)9-21)7-11(2)20(10)8-15-18-13-5-12(17)3-4-14(13)23-15/h3-5,10-11,21H,6-9H2,1-2H3. The number of thiazole rings is 1. The van der Waals surface area contributed by atoms with Crippen LogP contribution in [-0.2, 0) is 11.3 Å². The van der Waals surface area contributed by atoms with Gasteiger partial charge in [0.15, 0.2) is 0 Å². The highest BCUT2D eigenvalue weighted by Gasteiger charge is 2.31. The molecule has 0 spiro atoms. The minimum absolute atomic E-state index is 0.179. The van der Waals surface area contributed by atoms with Gasteiger partial charge in [0.2, 0.25) is 5.91 Å². The molecule has 1 amide bonds. The minimum atomic E-state index is -0.442. The number of aromatic nitrogens is 1. The molecule has 2 heterocycles. The molecule has 1 N–H and O–H groups in total. The zero-order valence-corrected chi connectivity index (χ0v) is 14.0.